The molecule has 0 aliphatic rings. The van der Waals surface area contributed by atoms with E-state index < -0.39 is 5.97 Å². The van der Waals surface area contributed by atoms with Crippen LogP contribution in [0.3, 0.4) is 0 Å². The van der Waals surface area contributed by atoms with Crippen molar-refractivity contribution in [3.05, 3.63) is 64.2 Å². The van der Waals surface area contributed by atoms with Gasteiger partial charge in [0, 0.05) is 5.56 Å². The summed E-state index contributed by atoms with van der Waals surface area (Å²) < 4.78 is 0. The maximum absolute atomic E-state index is 12.1. The van der Waals surface area contributed by atoms with Crippen LogP contribution >= 0.6 is 23.8 Å². The Labute approximate surface area is 149 Å². The van der Waals surface area contributed by atoms with E-state index in [4.69, 9.17) is 28.9 Å². The van der Waals surface area contributed by atoms with Crippen LogP contribution in [0.1, 0.15) is 33.2 Å². The molecule has 0 aliphatic heterocycles. The summed E-state index contributed by atoms with van der Waals surface area (Å²) in [5.41, 5.74) is 1.97. The van der Waals surface area contributed by atoms with E-state index >= 15 is 0 Å². The molecule has 7 heteroatoms. The van der Waals surface area contributed by atoms with Crippen molar-refractivity contribution < 1.29 is 14.7 Å². The molecule has 2 rings (SSSR count). The number of halogens is 1. The van der Waals surface area contributed by atoms with Gasteiger partial charge in [-0.05, 0) is 54.5 Å². The van der Waals surface area contributed by atoms with E-state index in [1.807, 2.05) is 19.1 Å². The van der Waals surface area contributed by atoms with E-state index in [9.17, 15) is 9.59 Å². The van der Waals surface area contributed by atoms with Gasteiger partial charge < -0.3 is 10.4 Å². The second-order valence-electron chi connectivity index (χ2n) is 4.96. The third kappa shape index (κ3) is 4.53. The first-order chi connectivity index (χ1) is 11.4. The summed E-state index contributed by atoms with van der Waals surface area (Å²) in [6.45, 7) is 2.03. The largest absolute Gasteiger partial charge is 0.478 e. The molecule has 24 heavy (non-hydrogen) atoms. The van der Waals surface area contributed by atoms with E-state index in [0.717, 1.165) is 12.0 Å². The topological polar surface area (TPSA) is 78.4 Å². The molecule has 0 aliphatic carbocycles. The van der Waals surface area contributed by atoms with Crippen molar-refractivity contribution >= 4 is 46.5 Å². The molecule has 124 valence electrons. The number of carbonyl (C=O) groups is 2. The fraction of sp³-hybridized carbons (Fsp3) is 0.118. The highest BCUT2D eigenvalue weighted by Gasteiger charge is 2.11. The van der Waals surface area contributed by atoms with E-state index in [1.54, 1.807) is 12.1 Å². The standard InChI is InChI=1S/C17H15ClN2O3S/c1-2-10-3-5-11(6-4-10)15(21)20-17(24)19-14-9-12(16(22)23)7-8-13(14)18/h3-9H,2H2,1H3,(H,22,23)(H2,19,20,21,24). The van der Waals surface area contributed by atoms with Crippen molar-refractivity contribution in [2.75, 3.05) is 5.32 Å². The van der Waals surface area contributed by atoms with Gasteiger partial charge in [0.15, 0.2) is 5.11 Å². The van der Waals surface area contributed by atoms with Crippen molar-refractivity contribution in [1.29, 1.82) is 0 Å². The first-order valence-corrected chi connectivity index (χ1v) is 7.93. The molecule has 0 aromatic heterocycles. The quantitative estimate of drug-likeness (QED) is 0.722. The van der Waals surface area contributed by atoms with Crippen molar-refractivity contribution in [2.24, 2.45) is 0 Å². The average Bonchev–Trinajstić information content (AvgIpc) is 2.56. The Bertz CT molecular complexity index is 791. The van der Waals surface area contributed by atoms with Crippen LogP contribution in [0, 0.1) is 0 Å². The molecular formula is C17H15ClN2O3S. The zero-order valence-electron chi connectivity index (χ0n) is 12.8. The number of aromatic carboxylic acids is 1. The zero-order valence-corrected chi connectivity index (χ0v) is 14.4. The Balaban J connectivity index is 2.06. The van der Waals surface area contributed by atoms with Gasteiger partial charge in [-0.15, -0.1) is 0 Å². The molecular weight excluding hydrogens is 348 g/mol. The lowest BCUT2D eigenvalue weighted by atomic mass is 10.1. The number of hydrogen-bond acceptors (Lipinski definition) is 3. The van der Waals surface area contributed by atoms with Gasteiger partial charge in [-0.3, -0.25) is 10.1 Å². The van der Waals surface area contributed by atoms with Crippen molar-refractivity contribution in [2.45, 2.75) is 13.3 Å². The van der Waals surface area contributed by atoms with Gasteiger partial charge in [0.2, 0.25) is 0 Å². The lowest BCUT2D eigenvalue weighted by Crippen LogP contribution is -2.34. The van der Waals surface area contributed by atoms with Crippen LogP contribution < -0.4 is 10.6 Å². The number of nitrogens with one attached hydrogen (secondary N) is 2. The number of hydrogen-bond donors (Lipinski definition) is 3. The Morgan fingerprint density at radius 3 is 2.33 bits per heavy atom. The average molecular weight is 363 g/mol. The molecule has 0 saturated heterocycles. The Morgan fingerprint density at radius 1 is 1.12 bits per heavy atom. The van der Waals surface area contributed by atoms with E-state index in [2.05, 4.69) is 10.6 Å². The number of thiocarbonyl (C=S) groups is 1. The van der Waals surface area contributed by atoms with Gasteiger partial charge in [-0.1, -0.05) is 30.7 Å². The summed E-state index contributed by atoms with van der Waals surface area (Å²) in [7, 11) is 0. The fourth-order valence-corrected chi connectivity index (χ4v) is 2.34. The SMILES string of the molecule is CCc1ccc(C(=O)NC(=S)Nc2cc(C(=O)O)ccc2Cl)cc1. The molecule has 0 bridgehead atoms. The number of amides is 1. The summed E-state index contributed by atoms with van der Waals surface area (Å²) >= 11 is 11.1. The van der Waals surface area contributed by atoms with Gasteiger partial charge in [-0.2, -0.15) is 0 Å². The van der Waals surface area contributed by atoms with Crippen molar-refractivity contribution in [1.82, 2.24) is 5.32 Å². The summed E-state index contributed by atoms with van der Waals surface area (Å²) in [5.74, 6) is -1.44. The predicted octanol–water partition coefficient (Wildman–Crippen LogP) is 3.73. The van der Waals surface area contributed by atoms with E-state index in [1.165, 1.54) is 18.2 Å². The molecule has 0 heterocycles. The third-order valence-electron chi connectivity index (χ3n) is 3.31. The molecule has 0 radical (unpaired) electrons. The lowest BCUT2D eigenvalue weighted by molar-refractivity contribution is 0.0696. The van der Waals surface area contributed by atoms with Crippen molar-refractivity contribution in [3.8, 4) is 0 Å². The van der Waals surface area contributed by atoms with Crippen LogP contribution in [0.5, 0.6) is 0 Å². The molecule has 0 unspecified atom stereocenters. The highest BCUT2D eigenvalue weighted by atomic mass is 35.5. The number of anilines is 1. The second kappa shape index (κ2) is 7.90. The van der Waals surface area contributed by atoms with Gasteiger partial charge in [0.05, 0.1) is 16.3 Å². The first kappa shape index (κ1) is 17.9. The number of benzene rings is 2. The Kier molecular flexibility index (Phi) is 5.89. The maximum atomic E-state index is 12.1. The molecule has 5 nitrogen and oxygen atoms in total. The molecule has 3 N–H and O–H groups in total. The normalized spacial score (nSPS) is 10.1. The van der Waals surface area contributed by atoms with Gasteiger partial charge in [0.25, 0.3) is 5.91 Å². The highest BCUT2D eigenvalue weighted by molar-refractivity contribution is 7.80. The zero-order chi connectivity index (χ0) is 17.7. The minimum atomic E-state index is -1.08. The van der Waals surface area contributed by atoms with Crippen molar-refractivity contribution in [3.63, 3.8) is 0 Å². The number of carboxylic acid groups (broad SMARTS) is 1. The smallest absolute Gasteiger partial charge is 0.335 e. The molecule has 0 atom stereocenters. The number of carbonyl (C=O) groups excluding carboxylic acids is 1. The van der Waals surface area contributed by atoms with E-state index in [-0.39, 0.29) is 16.6 Å². The van der Waals surface area contributed by atoms with Crippen LogP contribution in [-0.2, 0) is 6.42 Å². The first-order valence-electron chi connectivity index (χ1n) is 7.15. The molecule has 2 aromatic rings. The van der Waals surface area contributed by atoms with Gasteiger partial charge in [-0.25, -0.2) is 4.79 Å². The number of aryl methyl sites for hydroxylation is 1. The number of rotatable bonds is 4. The third-order valence-corrected chi connectivity index (χ3v) is 3.85. The minimum absolute atomic E-state index is 0.0315. The Hall–Kier alpha value is -2.44. The fourth-order valence-electron chi connectivity index (χ4n) is 1.97. The Morgan fingerprint density at radius 2 is 1.75 bits per heavy atom. The summed E-state index contributed by atoms with van der Waals surface area (Å²) in [6, 6.07) is 11.4. The monoisotopic (exact) mass is 362 g/mol. The molecule has 1 amide bonds. The molecule has 2 aromatic carbocycles. The molecule has 0 fully saturated rings. The predicted molar refractivity (Wildman–Crippen MR) is 97.9 cm³/mol. The second-order valence-corrected chi connectivity index (χ2v) is 5.77. The van der Waals surface area contributed by atoms with Crippen LogP contribution in [0.4, 0.5) is 5.69 Å². The highest BCUT2D eigenvalue weighted by Crippen LogP contribution is 2.23. The van der Waals surface area contributed by atoms with Crippen LogP contribution in [0.15, 0.2) is 42.5 Å². The summed E-state index contributed by atoms with van der Waals surface area (Å²) in [5, 5.41) is 14.6. The van der Waals surface area contributed by atoms with Crippen LogP contribution in [-0.4, -0.2) is 22.1 Å². The van der Waals surface area contributed by atoms with Crippen LogP contribution in [0.2, 0.25) is 5.02 Å². The van der Waals surface area contributed by atoms with Crippen LogP contribution in [0.25, 0.3) is 0 Å². The molecule has 0 saturated carbocycles. The lowest BCUT2D eigenvalue weighted by Gasteiger charge is -2.11. The molecule has 0 spiro atoms. The summed E-state index contributed by atoms with van der Waals surface area (Å²) in [4.78, 5) is 23.1. The van der Waals surface area contributed by atoms with Gasteiger partial charge in [0.1, 0.15) is 0 Å². The maximum Gasteiger partial charge on any atom is 0.335 e. The van der Waals surface area contributed by atoms with Gasteiger partial charge >= 0.3 is 5.97 Å². The number of carboxylic acids is 1. The van der Waals surface area contributed by atoms with E-state index in [0.29, 0.717) is 16.3 Å². The summed E-state index contributed by atoms with van der Waals surface area (Å²) in [6.07, 6.45) is 0.889. The minimum Gasteiger partial charge on any atom is -0.478 e.